The fraction of sp³-hybridized carbons (Fsp3) is 0.0625. The highest BCUT2D eigenvalue weighted by Gasteiger charge is 2.12. The first-order chi connectivity index (χ1) is 12.0. The minimum Gasteiger partial charge on any atom is -0.296 e. The Morgan fingerprint density at radius 3 is 2.48 bits per heavy atom. The summed E-state index contributed by atoms with van der Waals surface area (Å²) >= 11 is 18.1. The number of nitrogens with one attached hydrogen (secondary N) is 1. The smallest absolute Gasteiger partial charge is 0.257 e. The maximum Gasteiger partial charge on any atom is 0.257 e. The molecule has 9 heteroatoms. The Morgan fingerprint density at radius 1 is 1.12 bits per heavy atom. The molecule has 0 spiro atoms. The normalized spacial score (nSPS) is 10.7. The first kappa shape index (κ1) is 18.7. The molecule has 3 rings (SSSR count). The van der Waals surface area contributed by atoms with E-state index in [0.717, 1.165) is 14.6 Å². The first-order valence-electron chi connectivity index (χ1n) is 6.98. The fourth-order valence-electron chi connectivity index (χ4n) is 1.90. The topological polar surface area (TPSA) is 54.9 Å². The zero-order valence-electron chi connectivity index (χ0n) is 12.5. The number of halogens is 3. The number of aromatic nitrogens is 2. The molecule has 0 radical (unpaired) electrons. The van der Waals surface area contributed by atoms with Crippen LogP contribution in [0.5, 0.6) is 0 Å². The molecular weight excluding hydrogens is 465 g/mol. The number of rotatable bonds is 5. The highest BCUT2D eigenvalue weighted by Crippen LogP contribution is 2.29. The van der Waals surface area contributed by atoms with E-state index in [9.17, 15) is 4.79 Å². The van der Waals surface area contributed by atoms with E-state index >= 15 is 0 Å². The molecule has 0 fully saturated rings. The number of carbonyl (C=O) groups is 1. The Kier molecular flexibility index (Phi) is 6.35. The zero-order chi connectivity index (χ0) is 17.8. The van der Waals surface area contributed by atoms with Gasteiger partial charge in [-0.05, 0) is 35.9 Å². The van der Waals surface area contributed by atoms with E-state index in [0.29, 0.717) is 20.7 Å². The molecule has 4 nitrogen and oxygen atoms in total. The van der Waals surface area contributed by atoms with Gasteiger partial charge < -0.3 is 0 Å². The molecule has 2 aromatic carbocycles. The number of anilines is 1. The van der Waals surface area contributed by atoms with Crippen molar-refractivity contribution < 1.29 is 4.79 Å². The summed E-state index contributed by atoms with van der Waals surface area (Å²) in [7, 11) is 0. The second kappa shape index (κ2) is 8.51. The first-order valence-corrected chi connectivity index (χ1v) is 10.3. The van der Waals surface area contributed by atoms with E-state index in [4.69, 9.17) is 23.2 Å². The van der Waals surface area contributed by atoms with E-state index in [-0.39, 0.29) is 5.91 Å². The number of hydrogen-bond acceptors (Lipinski definition) is 5. The molecule has 1 heterocycles. The van der Waals surface area contributed by atoms with Crippen LogP contribution in [-0.2, 0) is 5.75 Å². The molecule has 0 unspecified atom stereocenters. The fourth-order valence-corrected chi connectivity index (χ4v) is 4.39. The van der Waals surface area contributed by atoms with Crippen molar-refractivity contribution >= 4 is 73.3 Å². The van der Waals surface area contributed by atoms with Crippen molar-refractivity contribution in [2.45, 2.75) is 10.1 Å². The third-order valence-corrected chi connectivity index (χ3v) is 6.04. The van der Waals surface area contributed by atoms with Gasteiger partial charge in [0, 0.05) is 25.8 Å². The maximum atomic E-state index is 12.2. The number of thioether (sulfide) groups is 1. The van der Waals surface area contributed by atoms with Gasteiger partial charge in [-0.3, -0.25) is 10.1 Å². The van der Waals surface area contributed by atoms with Gasteiger partial charge in [0.05, 0.1) is 0 Å². The Labute approximate surface area is 171 Å². The standard InChI is InChI=1S/C16H10BrCl2N3OS2/c17-11-3-1-9(2-4-11)8-24-16-22-21-15(25-16)20-14(23)10-5-12(18)7-13(19)6-10/h1-7H,8H2,(H,20,21,23). The summed E-state index contributed by atoms with van der Waals surface area (Å²) < 4.78 is 1.82. The molecule has 0 aliphatic rings. The summed E-state index contributed by atoms with van der Waals surface area (Å²) in [5.74, 6) is 0.449. The number of carbonyl (C=O) groups excluding carboxylic acids is 1. The summed E-state index contributed by atoms with van der Waals surface area (Å²) in [5.41, 5.74) is 1.55. The summed E-state index contributed by atoms with van der Waals surface area (Å²) in [6, 6.07) is 12.8. The van der Waals surface area contributed by atoms with Crippen LogP contribution >= 0.6 is 62.2 Å². The van der Waals surface area contributed by atoms with Crippen LogP contribution in [0.3, 0.4) is 0 Å². The van der Waals surface area contributed by atoms with Crippen LogP contribution in [-0.4, -0.2) is 16.1 Å². The Morgan fingerprint density at radius 2 is 1.80 bits per heavy atom. The summed E-state index contributed by atoms with van der Waals surface area (Å²) in [6.07, 6.45) is 0. The van der Waals surface area contributed by atoms with E-state index < -0.39 is 0 Å². The number of benzene rings is 2. The number of amides is 1. The summed E-state index contributed by atoms with van der Waals surface area (Å²) in [4.78, 5) is 12.2. The molecule has 0 saturated heterocycles. The number of nitrogens with zero attached hydrogens (tertiary/aromatic N) is 2. The average Bonchev–Trinajstić information content (AvgIpc) is 3.01. The van der Waals surface area contributed by atoms with Gasteiger partial charge in [0.25, 0.3) is 5.91 Å². The van der Waals surface area contributed by atoms with Crippen molar-refractivity contribution in [3.05, 3.63) is 68.1 Å². The van der Waals surface area contributed by atoms with Gasteiger partial charge in [-0.1, -0.05) is 74.4 Å². The predicted octanol–water partition coefficient (Wildman–Crippen LogP) is 6.15. The van der Waals surface area contributed by atoms with Gasteiger partial charge in [-0.15, -0.1) is 10.2 Å². The van der Waals surface area contributed by atoms with Gasteiger partial charge in [0.1, 0.15) is 0 Å². The second-order valence-electron chi connectivity index (χ2n) is 4.90. The van der Waals surface area contributed by atoms with Gasteiger partial charge >= 0.3 is 0 Å². The van der Waals surface area contributed by atoms with Crippen molar-refractivity contribution in [1.29, 1.82) is 0 Å². The molecule has 0 aliphatic heterocycles. The van der Waals surface area contributed by atoms with E-state index in [1.165, 1.54) is 16.9 Å². The quantitative estimate of drug-likeness (QED) is 0.355. The van der Waals surface area contributed by atoms with Crippen molar-refractivity contribution in [2.75, 3.05) is 5.32 Å². The minimum absolute atomic E-state index is 0.329. The van der Waals surface area contributed by atoms with Crippen LogP contribution in [0.1, 0.15) is 15.9 Å². The van der Waals surface area contributed by atoms with Crippen LogP contribution < -0.4 is 5.32 Å². The van der Waals surface area contributed by atoms with Crippen LogP contribution in [0, 0.1) is 0 Å². The Bertz CT molecular complexity index is 882. The lowest BCUT2D eigenvalue weighted by Crippen LogP contribution is -2.11. The van der Waals surface area contributed by atoms with Gasteiger partial charge in [-0.25, -0.2) is 0 Å². The molecule has 3 aromatic rings. The molecule has 1 aromatic heterocycles. The lowest BCUT2D eigenvalue weighted by Gasteiger charge is -2.02. The van der Waals surface area contributed by atoms with Crippen molar-refractivity contribution in [2.24, 2.45) is 0 Å². The Hall–Kier alpha value is -1.12. The van der Waals surface area contributed by atoms with Gasteiger partial charge in [0.15, 0.2) is 4.34 Å². The lowest BCUT2D eigenvalue weighted by molar-refractivity contribution is 0.102. The third kappa shape index (κ3) is 5.43. The van der Waals surface area contributed by atoms with Gasteiger partial charge in [0.2, 0.25) is 5.13 Å². The molecular formula is C16H10BrCl2N3OS2. The molecule has 1 amide bonds. The molecule has 0 aliphatic carbocycles. The largest absolute Gasteiger partial charge is 0.296 e. The van der Waals surface area contributed by atoms with E-state index in [2.05, 4.69) is 31.4 Å². The van der Waals surface area contributed by atoms with Crippen LogP contribution in [0.4, 0.5) is 5.13 Å². The average molecular weight is 475 g/mol. The maximum absolute atomic E-state index is 12.2. The van der Waals surface area contributed by atoms with Crippen LogP contribution in [0.2, 0.25) is 10.0 Å². The summed E-state index contributed by atoms with van der Waals surface area (Å²) in [5, 5.41) is 12.0. The third-order valence-electron chi connectivity index (χ3n) is 3.03. The van der Waals surface area contributed by atoms with E-state index in [1.807, 2.05) is 24.3 Å². The summed E-state index contributed by atoms with van der Waals surface area (Å²) in [6.45, 7) is 0. The second-order valence-corrected chi connectivity index (χ2v) is 8.89. The highest BCUT2D eigenvalue weighted by atomic mass is 79.9. The van der Waals surface area contributed by atoms with Crippen molar-refractivity contribution in [1.82, 2.24) is 10.2 Å². The Balaban J connectivity index is 1.61. The van der Waals surface area contributed by atoms with Crippen molar-refractivity contribution in [3.63, 3.8) is 0 Å². The van der Waals surface area contributed by atoms with Crippen LogP contribution in [0.15, 0.2) is 51.3 Å². The highest BCUT2D eigenvalue weighted by molar-refractivity contribution is 9.10. The monoisotopic (exact) mass is 473 g/mol. The SMILES string of the molecule is O=C(Nc1nnc(SCc2ccc(Br)cc2)s1)c1cc(Cl)cc(Cl)c1. The molecule has 0 saturated carbocycles. The minimum atomic E-state index is -0.329. The molecule has 0 atom stereocenters. The van der Waals surface area contributed by atoms with Gasteiger partial charge in [-0.2, -0.15) is 0 Å². The molecule has 1 N–H and O–H groups in total. The van der Waals surface area contributed by atoms with Crippen LogP contribution in [0.25, 0.3) is 0 Å². The van der Waals surface area contributed by atoms with E-state index in [1.54, 1.807) is 30.0 Å². The zero-order valence-corrected chi connectivity index (χ0v) is 17.2. The number of hydrogen-bond donors (Lipinski definition) is 1. The molecule has 0 bridgehead atoms. The van der Waals surface area contributed by atoms with Crippen molar-refractivity contribution in [3.8, 4) is 0 Å². The lowest BCUT2D eigenvalue weighted by atomic mass is 10.2. The molecule has 25 heavy (non-hydrogen) atoms. The molecule has 128 valence electrons. The predicted molar refractivity (Wildman–Crippen MR) is 108 cm³/mol.